The monoisotopic (exact) mass is 224 g/mol. The van der Waals surface area contributed by atoms with Crippen molar-refractivity contribution in [3.05, 3.63) is 16.5 Å². The van der Waals surface area contributed by atoms with E-state index in [2.05, 4.69) is 0 Å². The standard InChI is InChI=1S/C6H9O3PS2/c1-4-3-11-6(5(4)2)12-10(7,8)9/h3H,1-2H3,(H2-,7,8,9). The molecule has 1 rings (SSSR count). The number of hydrogen-bond donors (Lipinski definition) is 2. The Hall–Kier alpha value is 0.230. The van der Waals surface area contributed by atoms with Gasteiger partial charge in [-0.1, -0.05) is 11.3 Å². The summed E-state index contributed by atoms with van der Waals surface area (Å²) in [5.74, 6) is 0. The number of rotatable bonds is 1. The second-order valence-corrected chi connectivity index (χ2v) is 7.10. The molecule has 0 spiro atoms. The zero-order valence-electron chi connectivity index (χ0n) is 6.64. The van der Waals surface area contributed by atoms with Crippen LogP contribution in [0.5, 0.6) is 0 Å². The lowest BCUT2D eigenvalue weighted by molar-refractivity contribution is -0.196. The van der Waals surface area contributed by atoms with E-state index in [0.29, 0.717) is 15.1 Å². The van der Waals surface area contributed by atoms with Gasteiger partial charge in [-0.05, 0) is 24.8 Å². The van der Waals surface area contributed by atoms with E-state index in [1.54, 1.807) is 0 Å². The van der Waals surface area contributed by atoms with Crippen LogP contribution in [0.1, 0.15) is 11.1 Å². The molecule has 0 saturated carbocycles. The summed E-state index contributed by atoms with van der Waals surface area (Å²) >= 11 is 1.37. The normalized spacial score (nSPS) is 11.8. The van der Waals surface area contributed by atoms with Crippen LogP contribution in [-0.2, 0) is 10.9 Å². The van der Waals surface area contributed by atoms with Gasteiger partial charge in [0.1, 0.15) is 0 Å². The molecule has 6 heteroatoms. The molecule has 0 unspecified atom stereocenters. The molecule has 0 aliphatic heterocycles. The average molecular weight is 224 g/mol. The van der Waals surface area contributed by atoms with E-state index < -0.39 is 6.72 Å². The fraction of sp³-hybridized carbons (Fsp3) is 0.333. The summed E-state index contributed by atoms with van der Waals surface area (Å²) in [5, 5.41) is 1.90. The van der Waals surface area contributed by atoms with E-state index in [-0.39, 0.29) is 0 Å². The van der Waals surface area contributed by atoms with Crippen molar-refractivity contribution in [2.45, 2.75) is 18.1 Å². The molecular formula is C6H9O3PS2. The predicted octanol–water partition coefficient (Wildman–Crippen LogP) is 0.829. The Morgan fingerprint density at radius 2 is 2.08 bits per heavy atom. The van der Waals surface area contributed by atoms with Gasteiger partial charge in [-0.3, -0.25) is 0 Å². The molecule has 0 amide bonds. The van der Waals surface area contributed by atoms with Gasteiger partial charge in [-0.2, -0.15) is 0 Å². The Bertz CT molecular complexity index is 330. The van der Waals surface area contributed by atoms with Crippen molar-refractivity contribution >= 4 is 29.0 Å². The van der Waals surface area contributed by atoms with E-state index in [1.807, 2.05) is 19.2 Å². The van der Waals surface area contributed by atoms with Crippen LogP contribution in [0.4, 0.5) is 0 Å². The third kappa shape index (κ3) is 2.62. The molecule has 68 valence electrons. The summed E-state index contributed by atoms with van der Waals surface area (Å²) in [6.07, 6.45) is 0. The highest BCUT2D eigenvalue weighted by atomic mass is 32.5. The van der Waals surface area contributed by atoms with Crippen molar-refractivity contribution in [3.8, 4) is 0 Å². The van der Waals surface area contributed by atoms with Crippen LogP contribution in [-0.4, -0.2) is 9.79 Å². The van der Waals surface area contributed by atoms with Gasteiger partial charge < -0.3 is 14.7 Å². The minimum absolute atomic E-state index is 0.633. The van der Waals surface area contributed by atoms with Gasteiger partial charge >= 0.3 is 6.72 Å². The Morgan fingerprint density at radius 3 is 2.42 bits per heavy atom. The molecule has 1 aromatic heterocycles. The third-order valence-electron chi connectivity index (χ3n) is 1.44. The van der Waals surface area contributed by atoms with Crippen molar-refractivity contribution in [2.24, 2.45) is 0 Å². The minimum Gasteiger partial charge on any atom is -0.742 e. The SMILES string of the molecule is Cc1csc([S+]=P([O-])(O)O)c1C. The maximum absolute atomic E-state index is 10.6. The van der Waals surface area contributed by atoms with Gasteiger partial charge in [0.05, 0.1) is 0 Å². The maximum atomic E-state index is 10.6. The highest BCUT2D eigenvalue weighted by molar-refractivity contribution is 8.16. The highest BCUT2D eigenvalue weighted by Crippen LogP contribution is 2.32. The van der Waals surface area contributed by atoms with E-state index in [9.17, 15) is 4.89 Å². The third-order valence-corrected chi connectivity index (χ3v) is 5.31. The first-order valence-corrected chi connectivity index (χ1v) is 7.11. The highest BCUT2D eigenvalue weighted by Gasteiger charge is 2.17. The molecule has 3 nitrogen and oxygen atoms in total. The van der Waals surface area contributed by atoms with E-state index in [4.69, 9.17) is 9.79 Å². The molecule has 1 aromatic rings. The fourth-order valence-electron chi connectivity index (χ4n) is 0.678. The molecule has 12 heavy (non-hydrogen) atoms. The first-order valence-electron chi connectivity index (χ1n) is 3.20. The van der Waals surface area contributed by atoms with Crippen molar-refractivity contribution in [1.29, 1.82) is 0 Å². The van der Waals surface area contributed by atoms with Crippen LogP contribution in [0.15, 0.2) is 9.59 Å². The molecule has 0 saturated heterocycles. The first-order chi connectivity index (χ1) is 5.40. The van der Waals surface area contributed by atoms with Gasteiger partial charge in [-0.25, -0.2) is 0 Å². The van der Waals surface area contributed by atoms with Crippen molar-refractivity contribution in [2.75, 3.05) is 0 Å². The molecule has 0 radical (unpaired) electrons. The second kappa shape index (κ2) is 3.54. The topological polar surface area (TPSA) is 63.5 Å². The van der Waals surface area contributed by atoms with Crippen LogP contribution in [0.2, 0.25) is 0 Å². The predicted molar refractivity (Wildman–Crippen MR) is 50.8 cm³/mol. The molecule has 0 bridgehead atoms. The number of hydrogen-bond acceptors (Lipinski definition) is 2. The lowest BCUT2D eigenvalue weighted by Crippen LogP contribution is -1.98. The molecule has 0 aromatic carbocycles. The molecule has 2 N–H and O–H groups in total. The molecule has 0 atom stereocenters. The summed E-state index contributed by atoms with van der Waals surface area (Å²) in [4.78, 5) is 28.0. The molecular weight excluding hydrogens is 215 g/mol. The lowest BCUT2D eigenvalue weighted by Gasteiger charge is -2.00. The van der Waals surface area contributed by atoms with Gasteiger partial charge in [0.2, 0.25) is 10.9 Å². The molecule has 1 heterocycles. The van der Waals surface area contributed by atoms with Crippen LogP contribution in [0.3, 0.4) is 0 Å². The van der Waals surface area contributed by atoms with Crippen LogP contribution in [0.25, 0.3) is 0 Å². The Kier molecular flexibility index (Phi) is 3.04. The summed E-state index contributed by atoms with van der Waals surface area (Å²) in [6.45, 7) is -0.183. The maximum Gasteiger partial charge on any atom is 0.322 e. The van der Waals surface area contributed by atoms with Gasteiger partial charge in [0.25, 0.3) is 4.21 Å². The average Bonchev–Trinajstić information content (AvgIpc) is 2.16. The minimum atomic E-state index is -3.97. The molecule has 0 aliphatic rings. The quantitative estimate of drug-likeness (QED) is 0.548. The second-order valence-electron chi connectivity index (χ2n) is 2.41. The van der Waals surface area contributed by atoms with E-state index in [1.165, 1.54) is 11.3 Å². The Labute approximate surface area is 78.5 Å². The smallest absolute Gasteiger partial charge is 0.322 e. The van der Waals surface area contributed by atoms with E-state index in [0.717, 1.165) is 11.1 Å². The van der Waals surface area contributed by atoms with Crippen LogP contribution < -0.4 is 4.89 Å². The zero-order chi connectivity index (χ0) is 9.35. The van der Waals surface area contributed by atoms with Gasteiger partial charge in [0, 0.05) is 5.56 Å². The Balaban J connectivity index is 3.14. The zero-order valence-corrected chi connectivity index (χ0v) is 9.17. The summed E-state index contributed by atoms with van der Waals surface area (Å²) in [6, 6.07) is 0. The van der Waals surface area contributed by atoms with Crippen LogP contribution in [0, 0.1) is 13.8 Å². The Morgan fingerprint density at radius 1 is 1.50 bits per heavy atom. The number of thiophene rings is 1. The molecule has 0 aliphatic carbocycles. The van der Waals surface area contributed by atoms with Crippen molar-refractivity contribution in [3.63, 3.8) is 0 Å². The van der Waals surface area contributed by atoms with Crippen molar-refractivity contribution in [1.82, 2.24) is 0 Å². The first kappa shape index (κ1) is 10.3. The van der Waals surface area contributed by atoms with E-state index >= 15 is 0 Å². The largest absolute Gasteiger partial charge is 0.742 e. The fourth-order valence-corrected chi connectivity index (χ4v) is 4.63. The van der Waals surface area contributed by atoms with Gasteiger partial charge in [0.15, 0.2) is 0 Å². The van der Waals surface area contributed by atoms with Crippen LogP contribution >= 0.6 is 18.1 Å². The number of aryl methyl sites for hydroxylation is 1. The summed E-state index contributed by atoms with van der Waals surface area (Å²) in [5.41, 5.74) is 2.05. The molecule has 0 fully saturated rings. The van der Waals surface area contributed by atoms with Gasteiger partial charge in [-0.15, -0.1) is 0 Å². The van der Waals surface area contributed by atoms with Crippen molar-refractivity contribution < 1.29 is 14.7 Å². The summed E-state index contributed by atoms with van der Waals surface area (Å²) in [7, 11) is 0.633. The summed E-state index contributed by atoms with van der Waals surface area (Å²) < 4.78 is 0.709. The lowest BCUT2D eigenvalue weighted by atomic mass is 10.2.